The molecule has 2 atom stereocenters. The van der Waals surface area contributed by atoms with E-state index in [0.717, 1.165) is 18.6 Å². The van der Waals surface area contributed by atoms with Crippen LogP contribution in [0.2, 0.25) is 0 Å². The van der Waals surface area contributed by atoms with Crippen LogP contribution in [-0.4, -0.2) is 18.5 Å². The van der Waals surface area contributed by atoms with Crippen LogP contribution in [0.3, 0.4) is 0 Å². The molecule has 1 aliphatic rings. The van der Waals surface area contributed by atoms with Gasteiger partial charge in [-0.2, -0.15) is 0 Å². The van der Waals surface area contributed by atoms with Crippen molar-refractivity contribution in [2.45, 2.75) is 18.8 Å². The van der Waals surface area contributed by atoms with E-state index in [-0.39, 0.29) is 17.0 Å². The molecule has 0 N–H and O–H groups in total. The van der Waals surface area contributed by atoms with Crippen LogP contribution in [0.25, 0.3) is 0 Å². The molecule has 1 aliphatic carbocycles. The van der Waals surface area contributed by atoms with Gasteiger partial charge in [0.25, 0.3) is 0 Å². The molecule has 0 amide bonds. The van der Waals surface area contributed by atoms with Crippen molar-refractivity contribution < 1.29 is 9.53 Å². The SMILES string of the molecule is C=CCC1=CCC(c2ccc(OC)cc2)C1C(=O)SC. The summed E-state index contributed by atoms with van der Waals surface area (Å²) < 4.78 is 5.19. The average molecular weight is 288 g/mol. The Bertz CT molecular complexity index is 516. The summed E-state index contributed by atoms with van der Waals surface area (Å²) in [6, 6.07) is 8.05. The number of methoxy groups -OCH3 is 1. The molecule has 0 aliphatic heterocycles. The monoisotopic (exact) mass is 288 g/mol. The Kier molecular flexibility index (Phi) is 5.07. The van der Waals surface area contributed by atoms with Gasteiger partial charge in [0, 0.05) is 5.92 Å². The van der Waals surface area contributed by atoms with Gasteiger partial charge < -0.3 is 4.74 Å². The summed E-state index contributed by atoms with van der Waals surface area (Å²) in [5.41, 5.74) is 2.41. The molecular weight excluding hydrogens is 268 g/mol. The van der Waals surface area contributed by atoms with E-state index in [4.69, 9.17) is 4.74 Å². The molecule has 20 heavy (non-hydrogen) atoms. The minimum Gasteiger partial charge on any atom is -0.497 e. The molecule has 3 heteroatoms. The fraction of sp³-hybridized carbons (Fsp3) is 0.353. The molecule has 2 unspecified atom stereocenters. The van der Waals surface area contributed by atoms with Crippen molar-refractivity contribution in [1.82, 2.24) is 0 Å². The molecule has 1 aromatic carbocycles. The number of thioether (sulfide) groups is 1. The van der Waals surface area contributed by atoms with E-state index in [1.165, 1.54) is 22.9 Å². The van der Waals surface area contributed by atoms with Crippen LogP contribution in [0.5, 0.6) is 5.75 Å². The van der Waals surface area contributed by atoms with E-state index < -0.39 is 0 Å². The summed E-state index contributed by atoms with van der Waals surface area (Å²) in [7, 11) is 1.66. The molecule has 0 aromatic heterocycles. The number of benzene rings is 1. The predicted molar refractivity (Wildman–Crippen MR) is 85.3 cm³/mol. The second-order valence-corrected chi connectivity index (χ2v) is 5.70. The van der Waals surface area contributed by atoms with E-state index in [1.54, 1.807) is 7.11 Å². The first kappa shape index (κ1) is 14.9. The number of allylic oxidation sites excluding steroid dienone is 3. The Labute approximate surface area is 124 Å². The van der Waals surface area contributed by atoms with Crippen LogP contribution in [-0.2, 0) is 4.79 Å². The van der Waals surface area contributed by atoms with Crippen molar-refractivity contribution in [1.29, 1.82) is 0 Å². The third-order valence-electron chi connectivity index (χ3n) is 3.81. The van der Waals surface area contributed by atoms with Gasteiger partial charge in [-0.1, -0.05) is 41.6 Å². The quantitative estimate of drug-likeness (QED) is 0.760. The summed E-state index contributed by atoms with van der Waals surface area (Å²) in [5, 5.41) is 0.247. The second kappa shape index (κ2) is 6.80. The topological polar surface area (TPSA) is 26.3 Å². The van der Waals surface area contributed by atoms with Crippen LogP contribution in [0.4, 0.5) is 0 Å². The highest BCUT2D eigenvalue weighted by Crippen LogP contribution is 2.43. The summed E-state index contributed by atoms with van der Waals surface area (Å²) in [6.45, 7) is 3.79. The van der Waals surface area contributed by atoms with Gasteiger partial charge in [0.1, 0.15) is 5.75 Å². The van der Waals surface area contributed by atoms with Crippen molar-refractivity contribution in [2.24, 2.45) is 5.92 Å². The molecule has 106 valence electrons. The van der Waals surface area contributed by atoms with Gasteiger partial charge in [0.2, 0.25) is 0 Å². The molecule has 2 rings (SSSR count). The summed E-state index contributed by atoms with van der Waals surface area (Å²) in [4.78, 5) is 12.3. The van der Waals surface area contributed by atoms with E-state index in [2.05, 4.69) is 24.8 Å². The van der Waals surface area contributed by atoms with Crippen LogP contribution in [0, 0.1) is 5.92 Å². The maximum atomic E-state index is 12.3. The third kappa shape index (κ3) is 2.98. The minimum absolute atomic E-state index is 0.0172. The van der Waals surface area contributed by atoms with Crippen LogP contribution in [0.15, 0.2) is 48.6 Å². The first-order valence-electron chi connectivity index (χ1n) is 6.72. The largest absolute Gasteiger partial charge is 0.497 e. The minimum atomic E-state index is -0.0172. The Morgan fingerprint density at radius 3 is 2.70 bits per heavy atom. The maximum absolute atomic E-state index is 12.3. The second-order valence-electron chi connectivity index (χ2n) is 4.89. The number of carbonyl (C=O) groups excluding carboxylic acids is 1. The number of hydrogen-bond acceptors (Lipinski definition) is 3. The predicted octanol–water partition coefficient (Wildman–Crippen LogP) is 4.19. The molecular formula is C17H20O2S. The van der Waals surface area contributed by atoms with Crippen molar-refractivity contribution >= 4 is 16.9 Å². The molecule has 2 nitrogen and oxygen atoms in total. The van der Waals surface area contributed by atoms with E-state index in [9.17, 15) is 4.79 Å². The molecule has 0 spiro atoms. The molecule has 0 saturated carbocycles. The lowest BCUT2D eigenvalue weighted by Gasteiger charge is -2.21. The van der Waals surface area contributed by atoms with E-state index >= 15 is 0 Å². The lowest BCUT2D eigenvalue weighted by molar-refractivity contribution is -0.113. The zero-order valence-electron chi connectivity index (χ0n) is 12.0. The lowest BCUT2D eigenvalue weighted by atomic mass is 9.85. The molecule has 0 fully saturated rings. The highest BCUT2D eigenvalue weighted by atomic mass is 32.2. The Morgan fingerprint density at radius 2 is 2.15 bits per heavy atom. The summed E-state index contributed by atoms with van der Waals surface area (Å²) in [5.74, 6) is 1.07. The van der Waals surface area contributed by atoms with Gasteiger partial charge >= 0.3 is 0 Å². The number of rotatable bonds is 5. The highest BCUT2D eigenvalue weighted by molar-refractivity contribution is 8.13. The van der Waals surface area contributed by atoms with Crippen molar-refractivity contribution in [3.8, 4) is 5.75 Å². The average Bonchev–Trinajstić information content (AvgIpc) is 2.90. The lowest BCUT2D eigenvalue weighted by Crippen LogP contribution is -2.18. The molecule has 0 bridgehead atoms. The first-order valence-corrected chi connectivity index (χ1v) is 7.95. The van der Waals surface area contributed by atoms with Gasteiger partial charge in [-0.15, -0.1) is 6.58 Å². The molecule has 1 aromatic rings. The molecule has 0 radical (unpaired) electrons. The zero-order valence-corrected chi connectivity index (χ0v) is 12.8. The van der Waals surface area contributed by atoms with Gasteiger partial charge in [0.15, 0.2) is 5.12 Å². The van der Waals surface area contributed by atoms with Crippen molar-refractivity contribution in [2.75, 3.05) is 13.4 Å². The zero-order chi connectivity index (χ0) is 14.5. The van der Waals surface area contributed by atoms with Gasteiger partial charge in [0.05, 0.1) is 13.0 Å². The smallest absolute Gasteiger partial charge is 0.196 e. The van der Waals surface area contributed by atoms with Crippen molar-refractivity contribution in [3.63, 3.8) is 0 Å². The molecule has 0 saturated heterocycles. The number of ether oxygens (including phenoxy) is 1. The number of hydrogen-bond donors (Lipinski definition) is 0. The Hall–Kier alpha value is -1.48. The third-order valence-corrected chi connectivity index (χ3v) is 4.47. The summed E-state index contributed by atoms with van der Waals surface area (Å²) >= 11 is 1.32. The van der Waals surface area contributed by atoms with E-state index in [1.807, 2.05) is 24.5 Å². The fourth-order valence-corrected chi connectivity index (χ4v) is 3.37. The van der Waals surface area contributed by atoms with Crippen LogP contribution >= 0.6 is 11.8 Å². The van der Waals surface area contributed by atoms with Gasteiger partial charge in [-0.3, -0.25) is 4.79 Å². The van der Waals surface area contributed by atoms with Crippen LogP contribution in [0.1, 0.15) is 24.3 Å². The van der Waals surface area contributed by atoms with Gasteiger partial charge in [-0.05, 0) is 36.8 Å². The fourth-order valence-electron chi connectivity index (χ4n) is 2.80. The highest BCUT2D eigenvalue weighted by Gasteiger charge is 2.35. The maximum Gasteiger partial charge on any atom is 0.196 e. The normalized spacial score (nSPS) is 21.4. The standard InChI is InChI=1S/C17H20O2S/c1-4-5-13-8-11-15(16(13)17(18)20-3)12-6-9-14(19-2)10-7-12/h4,6-10,15-16H,1,5,11H2,2-3H3. The Balaban J connectivity index is 2.26. The first-order chi connectivity index (χ1) is 9.71. The van der Waals surface area contributed by atoms with Crippen molar-refractivity contribution in [3.05, 3.63) is 54.1 Å². The molecule has 0 heterocycles. The van der Waals surface area contributed by atoms with Gasteiger partial charge in [-0.25, -0.2) is 0 Å². The Morgan fingerprint density at radius 1 is 1.45 bits per heavy atom. The number of carbonyl (C=O) groups is 1. The summed E-state index contributed by atoms with van der Waals surface area (Å²) in [6.07, 6.45) is 7.66. The van der Waals surface area contributed by atoms with Crippen LogP contribution < -0.4 is 4.74 Å². The van der Waals surface area contributed by atoms with E-state index in [0.29, 0.717) is 0 Å².